The van der Waals surface area contributed by atoms with Gasteiger partial charge in [-0.3, -0.25) is 0 Å². The SMILES string of the molecule is Clc1ccc[c-]c1-c1[c-]cccc1-c1ccccc1.[Y]. The van der Waals surface area contributed by atoms with E-state index in [1.54, 1.807) is 0 Å². The standard InChI is InChI=1S/C18H11Cl.Y/c19-18-13-7-6-12-17(18)16-11-5-4-10-15(16)14-8-2-1-3-9-14;/h1-10,13H;/q-2;. The van der Waals surface area contributed by atoms with Gasteiger partial charge in [-0.1, -0.05) is 40.9 Å². The third-order valence-electron chi connectivity index (χ3n) is 3.00. The van der Waals surface area contributed by atoms with Crippen molar-refractivity contribution < 1.29 is 32.7 Å². The minimum atomic E-state index is 0. The van der Waals surface area contributed by atoms with E-state index in [-0.39, 0.29) is 32.7 Å². The molecule has 3 aromatic carbocycles. The summed E-state index contributed by atoms with van der Waals surface area (Å²) in [5, 5.41) is 0.696. The van der Waals surface area contributed by atoms with Crippen LogP contribution in [0, 0.1) is 12.1 Å². The van der Waals surface area contributed by atoms with Gasteiger partial charge in [0.1, 0.15) is 0 Å². The molecule has 0 aliphatic rings. The van der Waals surface area contributed by atoms with Gasteiger partial charge in [-0.2, -0.15) is 35.9 Å². The van der Waals surface area contributed by atoms with Crippen LogP contribution in [-0.2, 0) is 32.7 Å². The first kappa shape index (κ1) is 15.4. The summed E-state index contributed by atoms with van der Waals surface area (Å²) in [5.41, 5.74) is 4.15. The Kier molecular flexibility index (Phi) is 5.54. The van der Waals surface area contributed by atoms with Crippen molar-refractivity contribution in [2.75, 3.05) is 0 Å². The quantitative estimate of drug-likeness (QED) is 0.552. The van der Waals surface area contributed by atoms with Gasteiger partial charge in [-0.05, 0) is 0 Å². The van der Waals surface area contributed by atoms with Crippen molar-refractivity contribution in [1.82, 2.24) is 0 Å². The molecule has 0 spiro atoms. The molecule has 0 N–H and O–H groups in total. The van der Waals surface area contributed by atoms with Crippen molar-refractivity contribution in [2.45, 2.75) is 0 Å². The smallest absolute Gasteiger partial charge is 0 e. The minimum Gasteiger partial charge on any atom is -0.217 e. The van der Waals surface area contributed by atoms with Gasteiger partial charge < -0.3 is 0 Å². The van der Waals surface area contributed by atoms with Crippen LogP contribution >= 0.6 is 11.6 Å². The first-order valence-electron chi connectivity index (χ1n) is 6.09. The van der Waals surface area contributed by atoms with E-state index < -0.39 is 0 Å². The number of hydrogen-bond acceptors (Lipinski definition) is 0. The van der Waals surface area contributed by atoms with E-state index in [4.69, 9.17) is 11.6 Å². The van der Waals surface area contributed by atoms with Gasteiger partial charge in [0, 0.05) is 32.7 Å². The second kappa shape index (κ2) is 7.17. The Morgan fingerprint density at radius 1 is 0.700 bits per heavy atom. The Labute approximate surface area is 149 Å². The molecule has 0 saturated heterocycles. The molecule has 0 aliphatic carbocycles. The Morgan fingerprint density at radius 3 is 2.05 bits per heavy atom. The molecule has 0 unspecified atom stereocenters. The summed E-state index contributed by atoms with van der Waals surface area (Å²) in [6.45, 7) is 0. The number of benzene rings is 3. The molecule has 20 heavy (non-hydrogen) atoms. The number of hydrogen-bond donors (Lipinski definition) is 0. The predicted octanol–water partition coefficient (Wildman–Crippen LogP) is 5.27. The maximum Gasteiger partial charge on any atom is 0 e. The molecule has 0 atom stereocenters. The molecule has 0 fully saturated rings. The first-order chi connectivity index (χ1) is 9.36. The molecule has 0 bridgehead atoms. The van der Waals surface area contributed by atoms with Gasteiger partial charge in [0.2, 0.25) is 0 Å². The van der Waals surface area contributed by atoms with Crippen LogP contribution in [-0.4, -0.2) is 0 Å². The van der Waals surface area contributed by atoms with Crippen LogP contribution in [0.2, 0.25) is 5.02 Å². The third kappa shape index (κ3) is 3.20. The van der Waals surface area contributed by atoms with Crippen LogP contribution < -0.4 is 0 Å². The molecule has 1 radical (unpaired) electrons. The summed E-state index contributed by atoms with van der Waals surface area (Å²) in [4.78, 5) is 0. The van der Waals surface area contributed by atoms with Crippen molar-refractivity contribution in [1.29, 1.82) is 0 Å². The zero-order chi connectivity index (χ0) is 13.1. The molecular formula is C18H11ClY-2. The minimum absolute atomic E-state index is 0. The molecule has 0 aromatic heterocycles. The van der Waals surface area contributed by atoms with E-state index in [0.29, 0.717) is 5.02 Å². The van der Waals surface area contributed by atoms with Crippen LogP contribution in [0.5, 0.6) is 0 Å². The molecule has 0 nitrogen and oxygen atoms in total. The van der Waals surface area contributed by atoms with Crippen LogP contribution in [0.1, 0.15) is 0 Å². The van der Waals surface area contributed by atoms with Gasteiger partial charge >= 0.3 is 0 Å². The van der Waals surface area contributed by atoms with Crippen molar-refractivity contribution in [3.63, 3.8) is 0 Å². The summed E-state index contributed by atoms with van der Waals surface area (Å²) in [6, 6.07) is 28.3. The van der Waals surface area contributed by atoms with Gasteiger partial charge in [0.25, 0.3) is 0 Å². The maximum absolute atomic E-state index is 6.27. The molecule has 0 aliphatic heterocycles. The first-order valence-corrected chi connectivity index (χ1v) is 6.47. The summed E-state index contributed by atoms with van der Waals surface area (Å²) in [7, 11) is 0. The summed E-state index contributed by atoms with van der Waals surface area (Å²) >= 11 is 6.27. The zero-order valence-corrected chi connectivity index (χ0v) is 14.4. The topological polar surface area (TPSA) is 0 Å². The molecular weight excluding hydrogens is 341 g/mol. The van der Waals surface area contributed by atoms with E-state index in [1.807, 2.05) is 48.5 Å². The van der Waals surface area contributed by atoms with Crippen LogP contribution in [0.4, 0.5) is 0 Å². The van der Waals surface area contributed by atoms with Crippen molar-refractivity contribution in [3.05, 3.63) is 83.9 Å². The van der Waals surface area contributed by atoms with Gasteiger partial charge in [0.05, 0.1) is 0 Å². The summed E-state index contributed by atoms with van der Waals surface area (Å²) < 4.78 is 0. The van der Waals surface area contributed by atoms with Crippen LogP contribution in [0.3, 0.4) is 0 Å². The molecule has 3 aromatic rings. The molecule has 2 heteroatoms. The fourth-order valence-electron chi connectivity index (χ4n) is 2.11. The van der Waals surface area contributed by atoms with Crippen LogP contribution in [0.15, 0.2) is 66.7 Å². The average Bonchev–Trinajstić information content (AvgIpc) is 2.49. The molecule has 0 heterocycles. The second-order valence-corrected chi connectivity index (χ2v) is 4.63. The second-order valence-electron chi connectivity index (χ2n) is 4.22. The number of rotatable bonds is 2. The predicted molar refractivity (Wildman–Crippen MR) is 80.0 cm³/mol. The Morgan fingerprint density at radius 2 is 1.35 bits per heavy atom. The Balaban J connectivity index is 0.00000147. The fourth-order valence-corrected chi connectivity index (χ4v) is 2.33. The fraction of sp³-hybridized carbons (Fsp3) is 0. The van der Waals surface area contributed by atoms with E-state index >= 15 is 0 Å². The van der Waals surface area contributed by atoms with Gasteiger partial charge in [0.15, 0.2) is 0 Å². The summed E-state index contributed by atoms with van der Waals surface area (Å²) in [5.74, 6) is 0. The monoisotopic (exact) mass is 351 g/mol. The largest absolute Gasteiger partial charge is 0.217 e. The van der Waals surface area contributed by atoms with Crippen molar-refractivity contribution >= 4 is 11.6 Å². The number of halogens is 1. The van der Waals surface area contributed by atoms with Gasteiger partial charge in [-0.25, -0.2) is 11.1 Å². The maximum atomic E-state index is 6.27. The third-order valence-corrected chi connectivity index (χ3v) is 3.31. The van der Waals surface area contributed by atoms with Crippen molar-refractivity contribution in [3.8, 4) is 22.3 Å². The molecule has 0 saturated carbocycles. The Hall–Kier alpha value is -0.946. The van der Waals surface area contributed by atoms with E-state index in [0.717, 1.165) is 22.3 Å². The molecule has 95 valence electrons. The Bertz CT molecular complexity index is 693. The molecule has 3 rings (SSSR count). The van der Waals surface area contributed by atoms with E-state index in [9.17, 15) is 0 Å². The average molecular weight is 352 g/mol. The van der Waals surface area contributed by atoms with Gasteiger partial charge in [-0.15, -0.1) is 29.8 Å². The molecule has 0 amide bonds. The summed E-state index contributed by atoms with van der Waals surface area (Å²) in [6.07, 6.45) is 0. The van der Waals surface area contributed by atoms with Crippen molar-refractivity contribution in [2.24, 2.45) is 0 Å². The van der Waals surface area contributed by atoms with E-state index in [1.165, 1.54) is 0 Å². The van der Waals surface area contributed by atoms with Crippen LogP contribution in [0.25, 0.3) is 22.3 Å². The normalized spacial score (nSPS) is 9.85. The van der Waals surface area contributed by atoms with E-state index in [2.05, 4.69) is 30.3 Å². The zero-order valence-electron chi connectivity index (χ0n) is 10.8.